The molecule has 1 aromatic heterocycles. The Morgan fingerprint density at radius 1 is 1.11 bits per heavy atom. The number of ether oxygens (including phenoxy) is 2. The lowest BCUT2D eigenvalue weighted by Crippen LogP contribution is -2.10. The van der Waals surface area contributed by atoms with E-state index in [1.54, 1.807) is 49.0 Å². The van der Waals surface area contributed by atoms with Crippen LogP contribution in [0.25, 0.3) is 11.1 Å². The van der Waals surface area contributed by atoms with E-state index in [9.17, 15) is 14.4 Å². The molecule has 3 aromatic rings. The molecule has 6 heteroatoms. The van der Waals surface area contributed by atoms with E-state index in [4.69, 9.17) is 9.47 Å². The zero-order valence-corrected chi connectivity index (χ0v) is 14.9. The second-order valence-electron chi connectivity index (χ2n) is 5.79. The summed E-state index contributed by atoms with van der Waals surface area (Å²) in [6, 6.07) is 14.8. The van der Waals surface area contributed by atoms with Gasteiger partial charge in [-0.2, -0.15) is 5.26 Å². The van der Waals surface area contributed by atoms with Crippen LogP contribution < -0.4 is 4.74 Å². The van der Waals surface area contributed by atoms with Crippen molar-refractivity contribution in [2.45, 2.75) is 6.92 Å². The van der Waals surface area contributed by atoms with Crippen LogP contribution in [-0.4, -0.2) is 17.1 Å². The standard InChI is InChI=1S/C21H17FN2O3/c1-3-26-21(25)20-19(15(12-23)13-24(20)2)14-4-8-17(9-5-14)27-18-10-6-16(22)7-11-18/h4-11,13H,3H2,1-2H3. The molecule has 1 heterocycles. The smallest absolute Gasteiger partial charge is 0.355 e. The summed E-state index contributed by atoms with van der Waals surface area (Å²) in [4.78, 5) is 12.3. The average molecular weight is 364 g/mol. The maximum absolute atomic E-state index is 13.0. The van der Waals surface area contributed by atoms with Crippen molar-refractivity contribution in [1.29, 1.82) is 5.26 Å². The second kappa shape index (κ2) is 7.75. The average Bonchev–Trinajstić information content (AvgIpc) is 3.01. The van der Waals surface area contributed by atoms with Crippen molar-refractivity contribution < 1.29 is 18.7 Å². The molecule has 0 bridgehead atoms. The second-order valence-corrected chi connectivity index (χ2v) is 5.79. The molecule has 0 saturated carbocycles. The minimum atomic E-state index is -0.483. The van der Waals surface area contributed by atoms with E-state index in [0.717, 1.165) is 0 Å². The van der Waals surface area contributed by atoms with Crippen LogP contribution in [0.3, 0.4) is 0 Å². The Morgan fingerprint density at radius 2 is 1.70 bits per heavy atom. The molecule has 0 aliphatic carbocycles. The molecule has 0 aliphatic rings. The fraction of sp³-hybridized carbons (Fsp3) is 0.143. The van der Waals surface area contributed by atoms with E-state index in [2.05, 4.69) is 6.07 Å². The number of hydrogen-bond donors (Lipinski definition) is 0. The van der Waals surface area contributed by atoms with Gasteiger partial charge >= 0.3 is 5.97 Å². The Bertz CT molecular complexity index is 1000. The summed E-state index contributed by atoms with van der Waals surface area (Å²) >= 11 is 0. The predicted molar refractivity (Wildman–Crippen MR) is 98.0 cm³/mol. The molecule has 0 radical (unpaired) electrons. The van der Waals surface area contributed by atoms with Gasteiger partial charge in [0.25, 0.3) is 0 Å². The number of esters is 1. The van der Waals surface area contributed by atoms with Crippen molar-refractivity contribution in [2.24, 2.45) is 7.05 Å². The number of aryl methyl sites for hydroxylation is 1. The molecule has 2 aromatic carbocycles. The lowest BCUT2D eigenvalue weighted by Gasteiger charge is -2.09. The zero-order chi connectivity index (χ0) is 19.4. The lowest BCUT2D eigenvalue weighted by atomic mass is 10.0. The molecule has 0 aliphatic heterocycles. The van der Waals surface area contributed by atoms with Crippen LogP contribution in [0.15, 0.2) is 54.7 Å². The Balaban J connectivity index is 1.94. The van der Waals surface area contributed by atoms with Crippen LogP contribution in [0.1, 0.15) is 23.0 Å². The first-order valence-corrected chi connectivity index (χ1v) is 8.34. The van der Waals surface area contributed by atoms with Gasteiger partial charge in [-0.25, -0.2) is 9.18 Å². The van der Waals surface area contributed by atoms with Gasteiger partial charge in [-0.1, -0.05) is 12.1 Å². The SMILES string of the molecule is CCOC(=O)c1c(-c2ccc(Oc3ccc(F)cc3)cc2)c(C#N)cn1C. The molecule has 0 spiro atoms. The first-order chi connectivity index (χ1) is 13.0. The van der Waals surface area contributed by atoms with Crippen molar-refractivity contribution in [3.63, 3.8) is 0 Å². The van der Waals surface area contributed by atoms with E-state index in [1.807, 2.05) is 0 Å². The molecule has 27 heavy (non-hydrogen) atoms. The minimum absolute atomic E-state index is 0.246. The molecule has 0 saturated heterocycles. The monoisotopic (exact) mass is 364 g/mol. The maximum Gasteiger partial charge on any atom is 0.355 e. The number of halogens is 1. The molecule has 0 atom stereocenters. The van der Waals surface area contributed by atoms with Gasteiger partial charge in [0.15, 0.2) is 0 Å². The van der Waals surface area contributed by atoms with Crippen LogP contribution in [0, 0.1) is 17.1 Å². The topological polar surface area (TPSA) is 64.2 Å². The number of carbonyl (C=O) groups excluding carboxylic acids is 1. The maximum atomic E-state index is 13.0. The molecule has 0 unspecified atom stereocenters. The van der Waals surface area contributed by atoms with Gasteiger partial charge in [-0.15, -0.1) is 0 Å². The largest absolute Gasteiger partial charge is 0.461 e. The van der Waals surface area contributed by atoms with Crippen molar-refractivity contribution in [1.82, 2.24) is 4.57 Å². The lowest BCUT2D eigenvalue weighted by molar-refractivity contribution is 0.0516. The van der Waals surface area contributed by atoms with E-state index in [-0.39, 0.29) is 12.4 Å². The third-order valence-corrected chi connectivity index (χ3v) is 3.96. The van der Waals surface area contributed by atoms with Crippen molar-refractivity contribution >= 4 is 5.97 Å². The minimum Gasteiger partial charge on any atom is -0.461 e. The van der Waals surface area contributed by atoms with Gasteiger partial charge in [0, 0.05) is 18.8 Å². The predicted octanol–water partition coefficient (Wildman–Crippen LogP) is 4.67. The van der Waals surface area contributed by atoms with Crippen molar-refractivity contribution in [3.05, 3.63) is 71.8 Å². The molecule has 5 nitrogen and oxygen atoms in total. The first-order valence-electron chi connectivity index (χ1n) is 8.34. The Kier molecular flexibility index (Phi) is 5.23. The van der Waals surface area contributed by atoms with Crippen molar-refractivity contribution in [2.75, 3.05) is 6.61 Å². The Morgan fingerprint density at radius 3 is 2.26 bits per heavy atom. The van der Waals surface area contributed by atoms with Crippen LogP contribution in [0.5, 0.6) is 11.5 Å². The highest BCUT2D eigenvalue weighted by Gasteiger charge is 2.22. The van der Waals surface area contributed by atoms with Gasteiger partial charge in [0.05, 0.1) is 12.2 Å². The summed E-state index contributed by atoms with van der Waals surface area (Å²) in [7, 11) is 1.70. The van der Waals surface area contributed by atoms with Crippen LogP contribution in [-0.2, 0) is 11.8 Å². The molecule has 0 fully saturated rings. The number of aromatic nitrogens is 1. The van der Waals surface area contributed by atoms with Gasteiger partial charge in [-0.05, 0) is 48.9 Å². The third kappa shape index (κ3) is 3.82. The number of carbonyl (C=O) groups is 1. The molecule has 136 valence electrons. The quantitative estimate of drug-likeness (QED) is 0.617. The highest BCUT2D eigenvalue weighted by atomic mass is 19.1. The summed E-state index contributed by atoms with van der Waals surface area (Å²) in [5.41, 5.74) is 1.92. The first kappa shape index (κ1) is 18.2. The number of nitriles is 1. The molecule has 3 rings (SSSR count). The van der Waals surface area contributed by atoms with Crippen molar-refractivity contribution in [3.8, 4) is 28.7 Å². The Hall–Kier alpha value is -3.59. The molecule has 0 N–H and O–H groups in total. The van der Waals surface area contributed by atoms with Gasteiger partial charge in [-0.3, -0.25) is 0 Å². The molecular weight excluding hydrogens is 347 g/mol. The number of rotatable bonds is 5. The molecular formula is C21H17FN2O3. The van der Waals surface area contributed by atoms with E-state index >= 15 is 0 Å². The van der Waals surface area contributed by atoms with Gasteiger partial charge in [0.2, 0.25) is 0 Å². The van der Waals surface area contributed by atoms with E-state index in [0.29, 0.717) is 33.9 Å². The summed E-state index contributed by atoms with van der Waals surface area (Å²) in [6.45, 7) is 1.98. The summed E-state index contributed by atoms with van der Waals surface area (Å²) < 4.78 is 25.4. The van der Waals surface area contributed by atoms with E-state index < -0.39 is 5.97 Å². The van der Waals surface area contributed by atoms with Crippen LogP contribution in [0.4, 0.5) is 4.39 Å². The fourth-order valence-corrected chi connectivity index (χ4v) is 2.78. The van der Waals surface area contributed by atoms with Crippen LogP contribution >= 0.6 is 0 Å². The highest BCUT2D eigenvalue weighted by Crippen LogP contribution is 2.32. The highest BCUT2D eigenvalue weighted by molar-refractivity contribution is 5.97. The van der Waals surface area contributed by atoms with Gasteiger partial charge in [0.1, 0.15) is 29.1 Å². The fourth-order valence-electron chi connectivity index (χ4n) is 2.78. The van der Waals surface area contributed by atoms with E-state index in [1.165, 1.54) is 24.3 Å². The third-order valence-electron chi connectivity index (χ3n) is 3.96. The summed E-state index contributed by atoms with van der Waals surface area (Å²) in [6.07, 6.45) is 1.60. The normalized spacial score (nSPS) is 10.3. The summed E-state index contributed by atoms with van der Waals surface area (Å²) in [5.74, 6) is 0.242. The van der Waals surface area contributed by atoms with Crippen LogP contribution in [0.2, 0.25) is 0 Å². The number of benzene rings is 2. The van der Waals surface area contributed by atoms with Gasteiger partial charge < -0.3 is 14.0 Å². The molecule has 0 amide bonds. The number of nitrogens with zero attached hydrogens (tertiary/aromatic N) is 2. The summed E-state index contributed by atoms with van der Waals surface area (Å²) in [5, 5.41) is 9.43. The number of hydrogen-bond acceptors (Lipinski definition) is 4. The Labute approximate surface area is 156 Å². The zero-order valence-electron chi connectivity index (χ0n) is 14.9.